The van der Waals surface area contributed by atoms with Crippen molar-refractivity contribution in [3.05, 3.63) is 12.2 Å². The molecule has 0 saturated heterocycles. The lowest BCUT2D eigenvalue weighted by molar-refractivity contribution is -0.137. The van der Waals surface area contributed by atoms with E-state index in [2.05, 4.69) is 11.3 Å². The fraction of sp³-hybridized carbons (Fsp3) is 0.727. The molecule has 0 aliphatic heterocycles. The average molecular weight is 198 g/mol. The van der Waals surface area contributed by atoms with Crippen LogP contribution in [0.15, 0.2) is 12.2 Å². The molecule has 80 valence electrons. The Labute approximate surface area is 85.1 Å². The SMILES string of the molecule is C=C(COC1CCCCC1)C(=O)OC. The third kappa shape index (κ3) is 3.50. The molecule has 0 aromatic carbocycles. The zero-order valence-corrected chi connectivity index (χ0v) is 8.75. The fourth-order valence-electron chi connectivity index (χ4n) is 1.65. The van der Waals surface area contributed by atoms with Crippen molar-refractivity contribution in [1.82, 2.24) is 0 Å². The molecule has 0 amide bonds. The maximum absolute atomic E-state index is 11.0. The lowest BCUT2D eigenvalue weighted by Gasteiger charge is -2.21. The van der Waals surface area contributed by atoms with Crippen LogP contribution in [0, 0.1) is 0 Å². The van der Waals surface area contributed by atoms with Crippen molar-refractivity contribution in [3.8, 4) is 0 Å². The molecule has 0 aromatic rings. The Balaban J connectivity index is 2.18. The van der Waals surface area contributed by atoms with Gasteiger partial charge in [-0.2, -0.15) is 0 Å². The summed E-state index contributed by atoms with van der Waals surface area (Å²) in [5.74, 6) is -0.374. The standard InChI is InChI=1S/C11H18O3/c1-9(11(12)13-2)8-14-10-6-4-3-5-7-10/h10H,1,3-8H2,2H3. The van der Waals surface area contributed by atoms with Gasteiger partial charge in [0.05, 0.1) is 25.4 Å². The van der Waals surface area contributed by atoms with E-state index in [1.807, 2.05) is 0 Å². The topological polar surface area (TPSA) is 35.5 Å². The van der Waals surface area contributed by atoms with E-state index in [0.29, 0.717) is 18.3 Å². The van der Waals surface area contributed by atoms with Gasteiger partial charge in [-0.3, -0.25) is 0 Å². The second kappa shape index (κ2) is 5.81. The highest BCUT2D eigenvalue weighted by molar-refractivity contribution is 5.87. The zero-order valence-electron chi connectivity index (χ0n) is 8.75. The van der Waals surface area contributed by atoms with Crippen molar-refractivity contribution in [3.63, 3.8) is 0 Å². The number of carbonyl (C=O) groups is 1. The zero-order chi connectivity index (χ0) is 10.4. The third-order valence-electron chi connectivity index (χ3n) is 2.52. The summed E-state index contributed by atoms with van der Waals surface area (Å²) in [6.45, 7) is 3.91. The Morgan fingerprint density at radius 1 is 1.36 bits per heavy atom. The summed E-state index contributed by atoms with van der Waals surface area (Å²) in [7, 11) is 1.36. The highest BCUT2D eigenvalue weighted by Gasteiger charge is 2.15. The first kappa shape index (κ1) is 11.2. The minimum absolute atomic E-state index is 0.303. The molecule has 0 radical (unpaired) electrons. The number of methoxy groups -OCH3 is 1. The molecule has 3 heteroatoms. The molecule has 0 bridgehead atoms. The van der Waals surface area contributed by atoms with Crippen LogP contribution in [0.2, 0.25) is 0 Å². The fourth-order valence-corrected chi connectivity index (χ4v) is 1.65. The van der Waals surface area contributed by atoms with E-state index in [9.17, 15) is 4.79 Å². The molecule has 0 spiro atoms. The van der Waals surface area contributed by atoms with Gasteiger partial charge in [0.25, 0.3) is 0 Å². The average Bonchev–Trinajstić information content (AvgIpc) is 2.26. The largest absolute Gasteiger partial charge is 0.466 e. The monoisotopic (exact) mass is 198 g/mol. The van der Waals surface area contributed by atoms with E-state index < -0.39 is 0 Å². The Bertz CT molecular complexity index is 205. The summed E-state index contributed by atoms with van der Waals surface area (Å²) in [6.07, 6.45) is 6.29. The molecule has 1 aliphatic rings. The van der Waals surface area contributed by atoms with Crippen molar-refractivity contribution in [2.24, 2.45) is 0 Å². The lowest BCUT2D eigenvalue weighted by atomic mass is 9.98. The normalized spacial score (nSPS) is 17.8. The van der Waals surface area contributed by atoms with E-state index >= 15 is 0 Å². The lowest BCUT2D eigenvalue weighted by Crippen LogP contribution is -2.20. The minimum Gasteiger partial charge on any atom is -0.466 e. The van der Waals surface area contributed by atoms with Gasteiger partial charge in [-0.15, -0.1) is 0 Å². The van der Waals surface area contributed by atoms with Crippen LogP contribution in [0.1, 0.15) is 32.1 Å². The quantitative estimate of drug-likeness (QED) is 0.512. The van der Waals surface area contributed by atoms with Crippen molar-refractivity contribution in [2.45, 2.75) is 38.2 Å². The Morgan fingerprint density at radius 2 is 2.00 bits per heavy atom. The molecule has 1 aliphatic carbocycles. The summed E-state index contributed by atoms with van der Waals surface area (Å²) in [4.78, 5) is 11.0. The molecule has 1 fully saturated rings. The highest BCUT2D eigenvalue weighted by Crippen LogP contribution is 2.20. The first-order valence-corrected chi connectivity index (χ1v) is 5.11. The first-order chi connectivity index (χ1) is 6.74. The molecule has 0 unspecified atom stereocenters. The number of hydrogen-bond donors (Lipinski definition) is 0. The molecule has 0 heterocycles. The van der Waals surface area contributed by atoms with Gasteiger partial charge in [0.2, 0.25) is 0 Å². The van der Waals surface area contributed by atoms with Crippen molar-refractivity contribution < 1.29 is 14.3 Å². The van der Waals surface area contributed by atoms with E-state index in [0.717, 1.165) is 12.8 Å². The summed E-state index contributed by atoms with van der Waals surface area (Å²) in [5.41, 5.74) is 0.401. The molecular weight excluding hydrogens is 180 g/mol. The van der Waals surface area contributed by atoms with E-state index in [4.69, 9.17) is 4.74 Å². The minimum atomic E-state index is -0.374. The van der Waals surface area contributed by atoms with Crippen LogP contribution in [-0.2, 0) is 14.3 Å². The smallest absolute Gasteiger partial charge is 0.335 e. The summed E-state index contributed by atoms with van der Waals surface area (Å²) < 4.78 is 10.1. The molecular formula is C11H18O3. The van der Waals surface area contributed by atoms with Crippen LogP contribution in [0.25, 0.3) is 0 Å². The van der Waals surface area contributed by atoms with Crippen LogP contribution < -0.4 is 0 Å². The highest BCUT2D eigenvalue weighted by atomic mass is 16.5. The van der Waals surface area contributed by atoms with Gasteiger partial charge in [0, 0.05) is 0 Å². The second-order valence-corrected chi connectivity index (χ2v) is 3.67. The van der Waals surface area contributed by atoms with Crippen LogP contribution >= 0.6 is 0 Å². The Hall–Kier alpha value is -0.830. The van der Waals surface area contributed by atoms with Gasteiger partial charge in [-0.1, -0.05) is 25.8 Å². The van der Waals surface area contributed by atoms with Crippen molar-refractivity contribution in [1.29, 1.82) is 0 Å². The maximum Gasteiger partial charge on any atom is 0.335 e. The first-order valence-electron chi connectivity index (χ1n) is 5.11. The van der Waals surface area contributed by atoms with Gasteiger partial charge in [0.1, 0.15) is 0 Å². The Morgan fingerprint density at radius 3 is 2.57 bits per heavy atom. The third-order valence-corrected chi connectivity index (χ3v) is 2.52. The second-order valence-electron chi connectivity index (χ2n) is 3.67. The molecule has 3 nitrogen and oxygen atoms in total. The van der Waals surface area contributed by atoms with E-state index in [-0.39, 0.29) is 5.97 Å². The van der Waals surface area contributed by atoms with E-state index in [1.54, 1.807) is 0 Å². The van der Waals surface area contributed by atoms with Gasteiger partial charge < -0.3 is 9.47 Å². The summed E-state index contributed by atoms with van der Waals surface area (Å²) in [6, 6.07) is 0. The van der Waals surface area contributed by atoms with E-state index in [1.165, 1.54) is 26.4 Å². The summed E-state index contributed by atoms with van der Waals surface area (Å²) >= 11 is 0. The molecule has 1 rings (SSSR count). The summed E-state index contributed by atoms with van der Waals surface area (Å²) in [5, 5.41) is 0. The number of hydrogen-bond acceptors (Lipinski definition) is 3. The Kier molecular flexibility index (Phi) is 4.66. The van der Waals surface area contributed by atoms with Crippen LogP contribution in [0.4, 0.5) is 0 Å². The van der Waals surface area contributed by atoms with Crippen LogP contribution in [-0.4, -0.2) is 25.8 Å². The van der Waals surface area contributed by atoms with Gasteiger partial charge in [0.15, 0.2) is 0 Å². The van der Waals surface area contributed by atoms with Crippen LogP contribution in [0.3, 0.4) is 0 Å². The van der Waals surface area contributed by atoms with Gasteiger partial charge in [-0.05, 0) is 12.8 Å². The van der Waals surface area contributed by atoms with Crippen LogP contribution in [0.5, 0.6) is 0 Å². The molecule has 1 saturated carbocycles. The molecule has 0 atom stereocenters. The van der Waals surface area contributed by atoms with Gasteiger partial charge >= 0.3 is 5.97 Å². The van der Waals surface area contributed by atoms with Crippen molar-refractivity contribution in [2.75, 3.05) is 13.7 Å². The molecule has 0 aromatic heterocycles. The number of esters is 1. The number of ether oxygens (including phenoxy) is 2. The van der Waals surface area contributed by atoms with Gasteiger partial charge in [-0.25, -0.2) is 4.79 Å². The molecule has 14 heavy (non-hydrogen) atoms. The predicted molar refractivity (Wildman–Crippen MR) is 54.0 cm³/mol. The molecule has 0 N–H and O–H groups in total. The number of carbonyl (C=O) groups excluding carboxylic acids is 1. The maximum atomic E-state index is 11.0. The number of rotatable bonds is 4. The predicted octanol–water partition coefficient (Wildman–Crippen LogP) is 2.06. The van der Waals surface area contributed by atoms with Crippen molar-refractivity contribution >= 4 is 5.97 Å².